The molecular formula is C23H24N4O2. The molecule has 148 valence electrons. The number of piperidine rings is 1. The van der Waals surface area contributed by atoms with Crippen molar-refractivity contribution in [3.63, 3.8) is 0 Å². The van der Waals surface area contributed by atoms with Gasteiger partial charge in [-0.25, -0.2) is 9.97 Å². The SMILES string of the molecule is O=C(Nc1ccc(OCc2ccccc2)cc1)c1cc(N2CCCCC2)ncn1. The van der Waals surface area contributed by atoms with Crippen LogP contribution in [-0.2, 0) is 6.61 Å². The highest BCUT2D eigenvalue weighted by Gasteiger charge is 2.15. The molecule has 0 bridgehead atoms. The largest absolute Gasteiger partial charge is 0.489 e. The van der Waals surface area contributed by atoms with Crippen molar-refractivity contribution >= 4 is 17.4 Å². The summed E-state index contributed by atoms with van der Waals surface area (Å²) in [5.74, 6) is 1.32. The summed E-state index contributed by atoms with van der Waals surface area (Å²) in [5, 5.41) is 2.89. The Labute approximate surface area is 170 Å². The number of amides is 1. The molecule has 29 heavy (non-hydrogen) atoms. The van der Waals surface area contributed by atoms with Gasteiger partial charge in [0.1, 0.15) is 30.2 Å². The number of hydrogen-bond acceptors (Lipinski definition) is 5. The van der Waals surface area contributed by atoms with Crippen molar-refractivity contribution in [3.8, 4) is 5.75 Å². The number of aromatic nitrogens is 2. The Hall–Kier alpha value is -3.41. The van der Waals surface area contributed by atoms with Gasteiger partial charge in [-0.2, -0.15) is 0 Å². The molecule has 1 N–H and O–H groups in total. The van der Waals surface area contributed by atoms with Crippen LogP contribution in [-0.4, -0.2) is 29.0 Å². The Kier molecular flexibility index (Phi) is 6.00. The average molecular weight is 388 g/mol. The summed E-state index contributed by atoms with van der Waals surface area (Å²) in [6, 6.07) is 19.1. The number of anilines is 2. The molecule has 3 aromatic rings. The van der Waals surface area contributed by atoms with Gasteiger partial charge in [-0.1, -0.05) is 30.3 Å². The minimum atomic E-state index is -0.247. The van der Waals surface area contributed by atoms with Gasteiger partial charge in [-0.15, -0.1) is 0 Å². The van der Waals surface area contributed by atoms with E-state index in [-0.39, 0.29) is 5.91 Å². The Balaban J connectivity index is 1.35. The fourth-order valence-electron chi connectivity index (χ4n) is 3.34. The van der Waals surface area contributed by atoms with E-state index in [9.17, 15) is 4.79 Å². The number of nitrogens with zero attached hydrogens (tertiary/aromatic N) is 3. The van der Waals surface area contributed by atoms with Gasteiger partial charge < -0.3 is 15.0 Å². The van der Waals surface area contributed by atoms with E-state index in [1.807, 2.05) is 54.6 Å². The fraction of sp³-hybridized carbons (Fsp3) is 0.261. The number of hydrogen-bond donors (Lipinski definition) is 1. The van der Waals surface area contributed by atoms with E-state index in [1.165, 1.54) is 12.7 Å². The van der Waals surface area contributed by atoms with E-state index < -0.39 is 0 Å². The number of nitrogens with one attached hydrogen (secondary N) is 1. The summed E-state index contributed by atoms with van der Waals surface area (Å²) in [4.78, 5) is 23.3. The first-order chi connectivity index (χ1) is 14.3. The molecule has 1 aromatic heterocycles. The van der Waals surface area contributed by atoms with E-state index in [0.29, 0.717) is 18.0 Å². The monoisotopic (exact) mass is 388 g/mol. The van der Waals surface area contributed by atoms with Gasteiger partial charge in [0.05, 0.1) is 0 Å². The average Bonchev–Trinajstić information content (AvgIpc) is 2.80. The molecule has 6 heteroatoms. The molecule has 2 heterocycles. The fourth-order valence-corrected chi connectivity index (χ4v) is 3.34. The number of carbonyl (C=O) groups is 1. The Bertz CT molecular complexity index is 939. The van der Waals surface area contributed by atoms with Crippen LogP contribution in [0.1, 0.15) is 35.3 Å². The Morgan fingerprint density at radius 3 is 2.48 bits per heavy atom. The number of rotatable bonds is 6. The van der Waals surface area contributed by atoms with E-state index in [4.69, 9.17) is 4.74 Å². The lowest BCUT2D eigenvalue weighted by molar-refractivity contribution is 0.102. The molecule has 6 nitrogen and oxygen atoms in total. The lowest BCUT2D eigenvalue weighted by Crippen LogP contribution is -2.30. The Morgan fingerprint density at radius 2 is 1.72 bits per heavy atom. The zero-order chi connectivity index (χ0) is 19.9. The van der Waals surface area contributed by atoms with E-state index in [0.717, 1.165) is 43.1 Å². The van der Waals surface area contributed by atoms with Crippen LogP contribution in [0.5, 0.6) is 5.75 Å². The van der Waals surface area contributed by atoms with Crippen molar-refractivity contribution in [1.82, 2.24) is 9.97 Å². The third kappa shape index (κ3) is 5.10. The molecule has 0 aliphatic carbocycles. The maximum absolute atomic E-state index is 12.6. The lowest BCUT2D eigenvalue weighted by Gasteiger charge is -2.27. The van der Waals surface area contributed by atoms with E-state index >= 15 is 0 Å². The molecule has 1 saturated heterocycles. The number of carbonyl (C=O) groups excluding carboxylic acids is 1. The van der Waals surface area contributed by atoms with Crippen molar-refractivity contribution in [2.75, 3.05) is 23.3 Å². The minimum Gasteiger partial charge on any atom is -0.489 e. The maximum Gasteiger partial charge on any atom is 0.274 e. The standard InChI is InChI=1S/C23H24N4O2/c28-23(21-15-22(25-17-24-21)27-13-5-2-6-14-27)26-19-9-11-20(12-10-19)29-16-18-7-3-1-4-8-18/h1,3-4,7-12,15,17H,2,5-6,13-14,16H2,(H,26,28). The number of ether oxygens (including phenoxy) is 1. The van der Waals surface area contributed by atoms with Gasteiger partial charge in [0.25, 0.3) is 5.91 Å². The van der Waals surface area contributed by atoms with Gasteiger partial charge in [0.15, 0.2) is 0 Å². The second-order valence-corrected chi connectivity index (χ2v) is 7.06. The van der Waals surface area contributed by atoms with Crippen LogP contribution >= 0.6 is 0 Å². The van der Waals surface area contributed by atoms with Crippen LogP contribution in [0.15, 0.2) is 67.0 Å². The first-order valence-corrected chi connectivity index (χ1v) is 9.93. The third-order valence-electron chi connectivity index (χ3n) is 4.93. The van der Waals surface area contributed by atoms with Gasteiger partial charge in [0.2, 0.25) is 0 Å². The molecule has 4 rings (SSSR count). The van der Waals surface area contributed by atoms with Crippen LogP contribution in [0.25, 0.3) is 0 Å². The van der Waals surface area contributed by atoms with E-state index in [1.54, 1.807) is 6.07 Å². The lowest BCUT2D eigenvalue weighted by atomic mass is 10.1. The third-order valence-corrected chi connectivity index (χ3v) is 4.93. The molecule has 0 radical (unpaired) electrons. The first kappa shape index (κ1) is 18.9. The van der Waals surface area contributed by atoms with Gasteiger partial charge in [-0.3, -0.25) is 4.79 Å². The summed E-state index contributed by atoms with van der Waals surface area (Å²) in [5.41, 5.74) is 2.17. The first-order valence-electron chi connectivity index (χ1n) is 9.93. The quantitative estimate of drug-likeness (QED) is 0.682. The second kappa shape index (κ2) is 9.19. The van der Waals surface area contributed by atoms with Crippen molar-refractivity contribution in [2.45, 2.75) is 25.9 Å². The van der Waals surface area contributed by atoms with Crippen LogP contribution in [0.2, 0.25) is 0 Å². The topological polar surface area (TPSA) is 67.3 Å². The van der Waals surface area contributed by atoms with Gasteiger partial charge in [-0.05, 0) is 49.1 Å². The molecule has 1 amide bonds. The highest BCUT2D eigenvalue weighted by atomic mass is 16.5. The summed E-state index contributed by atoms with van der Waals surface area (Å²) in [7, 11) is 0. The molecule has 0 unspecified atom stereocenters. The van der Waals surface area contributed by atoms with Crippen molar-refractivity contribution in [3.05, 3.63) is 78.2 Å². The van der Waals surface area contributed by atoms with Crippen LogP contribution < -0.4 is 15.0 Å². The summed E-state index contributed by atoms with van der Waals surface area (Å²) in [6.45, 7) is 2.46. The highest BCUT2D eigenvalue weighted by molar-refractivity contribution is 6.03. The molecule has 0 saturated carbocycles. The normalized spacial score (nSPS) is 13.7. The van der Waals surface area contributed by atoms with E-state index in [2.05, 4.69) is 20.2 Å². The summed E-state index contributed by atoms with van der Waals surface area (Å²) < 4.78 is 5.78. The Morgan fingerprint density at radius 1 is 0.966 bits per heavy atom. The van der Waals surface area contributed by atoms with Crippen LogP contribution in [0.3, 0.4) is 0 Å². The molecular weight excluding hydrogens is 364 g/mol. The molecule has 2 aromatic carbocycles. The van der Waals surface area contributed by atoms with Crippen molar-refractivity contribution < 1.29 is 9.53 Å². The predicted octanol–water partition coefficient (Wildman–Crippen LogP) is 4.30. The van der Waals surface area contributed by atoms with Crippen molar-refractivity contribution in [1.29, 1.82) is 0 Å². The zero-order valence-corrected chi connectivity index (χ0v) is 16.3. The second-order valence-electron chi connectivity index (χ2n) is 7.06. The zero-order valence-electron chi connectivity index (χ0n) is 16.3. The molecule has 1 aliphatic heterocycles. The summed E-state index contributed by atoms with van der Waals surface area (Å²) in [6.07, 6.45) is 5.02. The minimum absolute atomic E-state index is 0.247. The number of benzene rings is 2. The van der Waals surface area contributed by atoms with Gasteiger partial charge in [0, 0.05) is 24.8 Å². The van der Waals surface area contributed by atoms with Crippen LogP contribution in [0, 0.1) is 0 Å². The van der Waals surface area contributed by atoms with Crippen molar-refractivity contribution in [2.24, 2.45) is 0 Å². The molecule has 0 atom stereocenters. The van der Waals surface area contributed by atoms with Gasteiger partial charge >= 0.3 is 0 Å². The summed E-state index contributed by atoms with van der Waals surface area (Å²) >= 11 is 0. The smallest absolute Gasteiger partial charge is 0.274 e. The molecule has 1 fully saturated rings. The molecule has 1 aliphatic rings. The highest BCUT2D eigenvalue weighted by Crippen LogP contribution is 2.20. The molecule has 0 spiro atoms. The predicted molar refractivity (Wildman–Crippen MR) is 113 cm³/mol. The maximum atomic E-state index is 12.6. The van der Waals surface area contributed by atoms with Crippen LogP contribution in [0.4, 0.5) is 11.5 Å².